The van der Waals surface area contributed by atoms with Gasteiger partial charge in [-0.15, -0.1) is 12.4 Å². The van der Waals surface area contributed by atoms with Crippen LogP contribution in [-0.2, 0) is 21.6 Å². The summed E-state index contributed by atoms with van der Waals surface area (Å²) in [6.45, 7) is 3.47. The molecule has 5 rings (SSSR count). The molecule has 1 aliphatic heterocycles. The minimum Gasteiger partial charge on any atom is -0.444 e. The van der Waals surface area contributed by atoms with E-state index < -0.39 is 11.5 Å². The average Bonchev–Trinajstić information content (AvgIpc) is 3.09. The van der Waals surface area contributed by atoms with Crippen LogP contribution in [0, 0.1) is 0 Å². The first-order chi connectivity index (χ1) is 21.2. The Labute approximate surface area is 267 Å². The predicted octanol–water partition coefficient (Wildman–Crippen LogP) is 7.01. The second kappa shape index (κ2) is 16.8. The van der Waals surface area contributed by atoms with Crippen molar-refractivity contribution in [2.24, 2.45) is 0 Å². The van der Waals surface area contributed by atoms with Gasteiger partial charge in [0, 0.05) is 12.0 Å². The normalized spacial score (nSPS) is 13.9. The highest BCUT2D eigenvalue weighted by Crippen LogP contribution is 2.37. The molecule has 0 saturated carbocycles. The van der Waals surface area contributed by atoms with Crippen molar-refractivity contribution in [3.63, 3.8) is 0 Å². The van der Waals surface area contributed by atoms with E-state index in [9.17, 15) is 9.59 Å². The maximum Gasteiger partial charge on any atom is 0.424 e. The van der Waals surface area contributed by atoms with Gasteiger partial charge >= 0.3 is 6.09 Å². The molecule has 4 aromatic carbocycles. The highest BCUT2D eigenvalue weighted by molar-refractivity contribution is 5.85. The smallest absolute Gasteiger partial charge is 0.424 e. The summed E-state index contributed by atoms with van der Waals surface area (Å²) in [6.07, 6.45) is 3.28. The molecule has 6 nitrogen and oxygen atoms in total. The van der Waals surface area contributed by atoms with Crippen LogP contribution in [-0.4, -0.2) is 55.0 Å². The zero-order chi connectivity index (χ0) is 29.7. The number of aldehydes is 1. The topological polar surface area (TPSA) is 61.9 Å². The van der Waals surface area contributed by atoms with Crippen LogP contribution in [0.5, 0.6) is 0 Å². The van der Waals surface area contributed by atoms with Crippen LogP contribution in [0.2, 0.25) is 0 Å². The third-order valence-corrected chi connectivity index (χ3v) is 8.62. The summed E-state index contributed by atoms with van der Waals surface area (Å²) in [5.41, 5.74) is 7.53. The third kappa shape index (κ3) is 8.56. The lowest BCUT2D eigenvalue weighted by atomic mass is 9.71. The van der Waals surface area contributed by atoms with E-state index in [0.29, 0.717) is 12.5 Å². The van der Waals surface area contributed by atoms with E-state index in [2.05, 4.69) is 89.2 Å². The molecule has 1 amide bonds. The molecule has 1 aliphatic rings. The van der Waals surface area contributed by atoms with E-state index in [-0.39, 0.29) is 25.6 Å². The molecule has 0 bridgehead atoms. The highest BCUT2D eigenvalue weighted by atomic mass is 35.5. The van der Waals surface area contributed by atoms with Crippen LogP contribution >= 0.6 is 12.4 Å². The van der Waals surface area contributed by atoms with Gasteiger partial charge in [0.15, 0.2) is 0 Å². The number of ether oxygens (including phenoxy) is 1. The molecule has 0 unspecified atom stereocenters. The van der Waals surface area contributed by atoms with Crippen LogP contribution in [0.15, 0.2) is 121 Å². The second-order valence-corrected chi connectivity index (χ2v) is 11.2. The molecule has 1 heterocycles. The number of nitrogens with one attached hydrogen (secondary N) is 1. The van der Waals surface area contributed by atoms with Crippen LogP contribution in [0.25, 0.3) is 0 Å². The Morgan fingerprint density at radius 1 is 0.818 bits per heavy atom. The molecule has 0 aliphatic carbocycles. The van der Waals surface area contributed by atoms with Crippen LogP contribution in [0.1, 0.15) is 47.4 Å². The summed E-state index contributed by atoms with van der Waals surface area (Å²) >= 11 is 0. The monoisotopic (exact) mass is 611 g/mol. The van der Waals surface area contributed by atoms with Crippen molar-refractivity contribution in [1.82, 2.24) is 15.3 Å². The quantitative estimate of drug-likeness (QED) is 0.130. The van der Waals surface area contributed by atoms with Gasteiger partial charge in [-0.05, 0) is 67.1 Å². The van der Waals surface area contributed by atoms with Crippen molar-refractivity contribution in [3.05, 3.63) is 144 Å². The number of likely N-dealkylation sites (tertiary alicyclic amines) is 1. The minimum absolute atomic E-state index is 0. The average molecular weight is 612 g/mol. The molecule has 230 valence electrons. The van der Waals surface area contributed by atoms with E-state index in [4.69, 9.17) is 4.74 Å². The molecule has 1 fully saturated rings. The van der Waals surface area contributed by atoms with Gasteiger partial charge in [0.05, 0.1) is 6.54 Å². The highest BCUT2D eigenvalue weighted by Gasteiger charge is 2.36. The Kier molecular flexibility index (Phi) is 12.5. The van der Waals surface area contributed by atoms with Gasteiger partial charge in [0.1, 0.15) is 12.9 Å². The fourth-order valence-corrected chi connectivity index (χ4v) is 6.13. The predicted molar refractivity (Wildman–Crippen MR) is 178 cm³/mol. The number of piperidine rings is 1. The first-order valence-corrected chi connectivity index (χ1v) is 15.2. The molecule has 0 radical (unpaired) electrons. The molecule has 0 spiro atoms. The summed E-state index contributed by atoms with van der Waals surface area (Å²) in [7, 11) is 0. The fourth-order valence-electron chi connectivity index (χ4n) is 6.13. The third-order valence-electron chi connectivity index (χ3n) is 8.62. The van der Waals surface area contributed by atoms with Crippen molar-refractivity contribution < 1.29 is 14.3 Å². The molecule has 1 saturated heterocycles. The van der Waals surface area contributed by atoms with Crippen molar-refractivity contribution >= 4 is 24.8 Å². The molecular formula is C37H42ClN3O3. The number of nitrogens with zero attached hydrogens (tertiary/aromatic N) is 2. The lowest BCUT2D eigenvalue weighted by Gasteiger charge is -2.40. The lowest BCUT2D eigenvalue weighted by Crippen LogP contribution is -2.51. The maximum absolute atomic E-state index is 13.1. The number of rotatable bonds is 13. The van der Waals surface area contributed by atoms with Crippen LogP contribution in [0.4, 0.5) is 4.79 Å². The number of benzene rings is 4. The fraction of sp³-hybridized carbons (Fsp3) is 0.297. The molecule has 44 heavy (non-hydrogen) atoms. The Hall–Kier alpha value is -3.97. The largest absolute Gasteiger partial charge is 0.444 e. The Balaban J connectivity index is 0.00000442. The summed E-state index contributed by atoms with van der Waals surface area (Å²) in [6, 6.07) is 41.3. The molecule has 1 N–H and O–H groups in total. The standard InChI is InChI=1S/C37H41N3O3.ClH/c41-28-27-40(36(42)43-29-31-13-5-1-6-14-31)38-30-37(34-17-9-3-10-18-34,35-19-11-4-12-20-35)23-26-39-24-21-33(22-25-39)32-15-7-2-8-16-32;/h1-20,28,33,38H,21-27,29-30H2;1H. The van der Waals surface area contributed by atoms with Gasteiger partial charge in [-0.2, -0.15) is 0 Å². The Morgan fingerprint density at radius 3 is 1.89 bits per heavy atom. The number of hydrazine groups is 1. The number of amides is 1. The first kappa shape index (κ1) is 32.9. The molecule has 0 atom stereocenters. The molecule has 4 aromatic rings. The summed E-state index contributed by atoms with van der Waals surface area (Å²) in [5, 5.41) is 1.29. The van der Waals surface area contributed by atoms with Crippen molar-refractivity contribution in [2.75, 3.05) is 32.7 Å². The van der Waals surface area contributed by atoms with Crippen molar-refractivity contribution in [1.29, 1.82) is 0 Å². The SMILES string of the molecule is Cl.O=CCN(NCC(CCN1CCC(c2ccccc2)CC1)(c1ccccc1)c1ccccc1)C(=O)OCc1ccccc1. The molecular weight excluding hydrogens is 570 g/mol. The van der Waals surface area contributed by atoms with Crippen molar-refractivity contribution in [2.45, 2.75) is 37.2 Å². The Morgan fingerprint density at radius 2 is 1.34 bits per heavy atom. The summed E-state index contributed by atoms with van der Waals surface area (Å²) in [4.78, 5) is 27.3. The van der Waals surface area contributed by atoms with Crippen molar-refractivity contribution in [3.8, 4) is 0 Å². The Bertz CT molecular complexity index is 1360. The summed E-state index contributed by atoms with van der Waals surface area (Å²) < 4.78 is 5.58. The lowest BCUT2D eigenvalue weighted by molar-refractivity contribution is -0.109. The number of hydrogen-bond acceptors (Lipinski definition) is 5. The number of carbonyl (C=O) groups excluding carboxylic acids is 2. The minimum atomic E-state index is -0.575. The number of carbonyl (C=O) groups is 2. The van der Waals surface area contributed by atoms with Gasteiger partial charge in [-0.3, -0.25) is 0 Å². The van der Waals surface area contributed by atoms with E-state index in [1.165, 1.54) is 10.6 Å². The first-order valence-electron chi connectivity index (χ1n) is 15.2. The number of hydrogen-bond donors (Lipinski definition) is 1. The van der Waals surface area contributed by atoms with Gasteiger partial charge in [0.25, 0.3) is 0 Å². The van der Waals surface area contributed by atoms with Gasteiger partial charge < -0.3 is 14.4 Å². The maximum atomic E-state index is 13.1. The van der Waals surface area contributed by atoms with E-state index in [0.717, 1.165) is 61.9 Å². The molecule has 0 aromatic heterocycles. The van der Waals surface area contributed by atoms with E-state index >= 15 is 0 Å². The van der Waals surface area contributed by atoms with Crippen LogP contribution in [0.3, 0.4) is 0 Å². The van der Waals surface area contributed by atoms with E-state index in [1.54, 1.807) is 0 Å². The van der Waals surface area contributed by atoms with Gasteiger partial charge in [0.2, 0.25) is 0 Å². The zero-order valence-corrected chi connectivity index (χ0v) is 25.9. The zero-order valence-electron chi connectivity index (χ0n) is 25.1. The van der Waals surface area contributed by atoms with Gasteiger partial charge in [-0.1, -0.05) is 121 Å². The summed E-state index contributed by atoms with van der Waals surface area (Å²) in [5.74, 6) is 0.603. The van der Waals surface area contributed by atoms with Crippen LogP contribution < -0.4 is 5.43 Å². The van der Waals surface area contributed by atoms with E-state index in [1.807, 2.05) is 42.5 Å². The second-order valence-electron chi connectivity index (χ2n) is 11.2. The van der Waals surface area contributed by atoms with Gasteiger partial charge in [-0.25, -0.2) is 15.2 Å². The molecule has 7 heteroatoms. The number of halogens is 1.